The molecule has 112 valence electrons. The van der Waals surface area contributed by atoms with Crippen molar-refractivity contribution in [2.75, 3.05) is 6.54 Å². The van der Waals surface area contributed by atoms with Crippen LogP contribution in [0.3, 0.4) is 0 Å². The molecule has 21 heavy (non-hydrogen) atoms. The molecule has 1 N–H and O–H groups in total. The minimum atomic E-state index is -0.297. The first-order valence-corrected chi connectivity index (χ1v) is 7.30. The highest BCUT2D eigenvalue weighted by Crippen LogP contribution is 2.21. The largest absolute Gasteiger partial charge is 0.367 e. The van der Waals surface area contributed by atoms with Gasteiger partial charge in [-0.2, -0.15) is 0 Å². The van der Waals surface area contributed by atoms with E-state index < -0.39 is 0 Å². The average molecular weight is 287 g/mol. The van der Waals surface area contributed by atoms with Gasteiger partial charge in [-0.3, -0.25) is 0 Å². The quantitative estimate of drug-likeness (QED) is 0.828. The lowest BCUT2D eigenvalue weighted by Gasteiger charge is -2.21. The Hall–Kier alpha value is -1.71. The van der Waals surface area contributed by atoms with E-state index in [1.165, 1.54) is 6.07 Å². The fraction of sp³-hybridized carbons (Fsp3) is 0.333. The van der Waals surface area contributed by atoms with Gasteiger partial charge in [-0.15, -0.1) is 0 Å². The number of hydrogen-bond acceptors (Lipinski definition) is 2. The van der Waals surface area contributed by atoms with Crippen LogP contribution in [0, 0.1) is 5.82 Å². The molecular weight excluding hydrogens is 265 g/mol. The van der Waals surface area contributed by atoms with Gasteiger partial charge in [0.25, 0.3) is 0 Å². The van der Waals surface area contributed by atoms with E-state index in [4.69, 9.17) is 4.74 Å². The lowest BCUT2D eigenvalue weighted by molar-refractivity contribution is 0.0363. The Morgan fingerprint density at radius 2 is 1.67 bits per heavy atom. The van der Waals surface area contributed by atoms with Crippen LogP contribution in [0.15, 0.2) is 54.6 Å². The molecule has 0 aliphatic carbocycles. The van der Waals surface area contributed by atoms with E-state index in [0.717, 1.165) is 5.56 Å². The van der Waals surface area contributed by atoms with Gasteiger partial charge < -0.3 is 10.1 Å². The zero-order valence-electron chi connectivity index (χ0n) is 12.6. The fourth-order valence-corrected chi connectivity index (χ4v) is 2.11. The summed E-state index contributed by atoms with van der Waals surface area (Å²) >= 11 is 0. The second-order valence-electron chi connectivity index (χ2n) is 5.37. The van der Waals surface area contributed by atoms with Crippen molar-refractivity contribution in [1.29, 1.82) is 0 Å². The molecule has 0 spiro atoms. The van der Waals surface area contributed by atoms with E-state index in [-0.39, 0.29) is 11.9 Å². The Labute approximate surface area is 126 Å². The summed E-state index contributed by atoms with van der Waals surface area (Å²) in [5.74, 6) is -0.221. The molecule has 0 aliphatic rings. The molecule has 0 bridgehead atoms. The molecule has 0 aliphatic heterocycles. The van der Waals surface area contributed by atoms with E-state index in [9.17, 15) is 4.39 Å². The summed E-state index contributed by atoms with van der Waals surface area (Å²) in [6, 6.07) is 17.1. The van der Waals surface area contributed by atoms with Crippen molar-refractivity contribution in [2.45, 2.75) is 32.6 Å². The van der Waals surface area contributed by atoms with Crippen LogP contribution < -0.4 is 5.32 Å². The SMILES string of the molecule is CC(C)NCC(OCc1ccccc1)c1ccccc1F. The van der Waals surface area contributed by atoms with Crippen LogP contribution in [0.25, 0.3) is 0 Å². The Morgan fingerprint density at radius 1 is 1.00 bits per heavy atom. The molecule has 3 heteroatoms. The van der Waals surface area contributed by atoms with Crippen molar-refractivity contribution in [1.82, 2.24) is 5.32 Å². The summed E-state index contributed by atoms with van der Waals surface area (Å²) < 4.78 is 19.9. The lowest BCUT2D eigenvalue weighted by atomic mass is 10.1. The van der Waals surface area contributed by atoms with Gasteiger partial charge in [-0.25, -0.2) is 4.39 Å². The molecule has 2 rings (SSSR count). The minimum Gasteiger partial charge on any atom is -0.367 e. The predicted octanol–water partition coefficient (Wildman–Crippen LogP) is 4.08. The molecule has 0 heterocycles. The van der Waals surface area contributed by atoms with Crippen molar-refractivity contribution in [3.63, 3.8) is 0 Å². The molecule has 2 aromatic rings. The Kier molecular flexibility index (Phi) is 5.90. The van der Waals surface area contributed by atoms with E-state index in [1.807, 2.05) is 36.4 Å². The van der Waals surface area contributed by atoms with Gasteiger partial charge in [-0.05, 0) is 11.6 Å². The van der Waals surface area contributed by atoms with Crippen LogP contribution in [0.5, 0.6) is 0 Å². The van der Waals surface area contributed by atoms with Gasteiger partial charge in [0, 0.05) is 18.2 Å². The Morgan fingerprint density at radius 3 is 2.33 bits per heavy atom. The molecular formula is C18H22FNO. The second-order valence-corrected chi connectivity index (χ2v) is 5.37. The van der Waals surface area contributed by atoms with Gasteiger partial charge in [0.15, 0.2) is 0 Å². The molecule has 2 nitrogen and oxygen atoms in total. The first kappa shape index (κ1) is 15.7. The highest BCUT2D eigenvalue weighted by molar-refractivity contribution is 5.21. The standard InChI is InChI=1S/C18H22FNO/c1-14(2)20-12-18(16-10-6-7-11-17(16)19)21-13-15-8-4-3-5-9-15/h3-11,14,18,20H,12-13H2,1-2H3. The highest BCUT2D eigenvalue weighted by Gasteiger charge is 2.16. The second kappa shape index (κ2) is 7.91. The summed E-state index contributed by atoms with van der Waals surface area (Å²) in [6.45, 7) is 5.19. The monoisotopic (exact) mass is 287 g/mol. The van der Waals surface area contributed by atoms with Gasteiger partial charge >= 0.3 is 0 Å². The van der Waals surface area contributed by atoms with Crippen molar-refractivity contribution >= 4 is 0 Å². The molecule has 0 fully saturated rings. The van der Waals surface area contributed by atoms with Gasteiger partial charge in [0.05, 0.1) is 12.7 Å². The number of rotatable bonds is 7. The third-order valence-electron chi connectivity index (χ3n) is 3.26. The maximum Gasteiger partial charge on any atom is 0.129 e. The number of nitrogens with one attached hydrogen (secondary N) is 1. The lowest BCUT2D eigenvalue weighted by Crippen LogP contribution is -2.29. The average Bonchev–Trinajstić information content (AvgIpc) is 2.49. The molecule has 0 amide bonds. The number of halogens is 1. The third kappa shape index (κ3) is 4.96. The van der Waals surface area contributed by atoms with Gasteiger partial charge in [0.2, 0.25) is 0 Å². The highest BCUT2D eigenvalue weighted by atomic mass is 19.1. The van der Waals surface area contributed by atoms with Gasteiger partial charge in [0.1, 0.15) is 5.82 Å². The van der Waals surface area contributed by atoms with E-state index in [1.54, 1.807) is 12.1 Å². The van der Waals surface area contributed by atoms with Crippen molar-refractivity contribution in [2.24, 2.45) is 0 Å². The first-order valence-electron chi connectivity index (χ1n) is 7.30. The van der Waals surface area contributed by atoms with E-state index in [0.29, 0.717) is 24.8 Å². The summed E-state index contributed by atoms with van der Waals surface area (Å²) in [6.07, 6.45) is -0.297. The molecule has 1 atom stereocenters. The van der Waals surface area contributed by atoms with Gasteiger partial charge in [-0.1, -0.05) is 62.4 Å². The van der Waals surface area contributed by atoms with Crippen LogP contribution in [0.4, 0.5) is 4.39 Å². The van der Waals surface area contributed by atoms with Crippen molar-refractivity contribution in [3.8, 4) is 0 Å². The van der Waals surface area contributed by atoms with E-state index in [2.05, 4.69) is 19.2 Å². The van der Waals surface area contributed by atoms with Crippen molar-refractivity contribution in [3.05, 3.63) is 71.5 Å². The zero-order chi connectivity index (χ0) is 15.1. The predicted molar refractivity (Wildman–Crippen MR) is 83.5 cm³/mol. The topological polar surface area (TPSA) is 21.3 Å². The molecule has 0 aromatic heterocycles. The fourth-order valence-electron chi connectivity index (χ4n) is 2.11. The zero-order valence-corrected chi connectivity index (χ0v) is 12.6. The van der Waals surface area contributed by atoms with Crippen LogP contribution in [-0.2, 0) is 11.3 Å². The molecule has 0 radical (unpaired) electrons. The maximum absolute atomic E-state index is 14.0. The normalized spacial score (nSPS) is 12.6. The summed E-state index contributed by atoms with van der Waals surface area (Å²) in [7, 11) is 0. The molecule has 0 saturated carbocycles. The van der Waals surface area contributed by atoms with Crippen LogP contribution in [-0.4, -0.2) is 12.6 Å². The number of ether oxygens (including phenoxy) is 1. The molecule has 0 saturated heterocycles. The Bertz CT molecular complexity index is 542. The third-order valence-corrected chi connectivity index (χ3v) is 3.26. The van der Waals surface area contributed by atoms with Crippen molar-refractivity contribution < 1.29 is 9.13 Å². The van der Waals surface area contributed by atoms with Crippen LogP contribution in [0.2, 0.25) is 0 Å². The van der Waals surface area contributed by atoms with Crippen LogP contribution >= 0.6 is 0 Å². The summed E-state index contributed by atoms with van der Waals surface area (Å²) in [4.78, 5) is 0. The maximum atomic E-state index is 14.0. The summed E-state index contributed by atoms with van der Waals surface area (Å²) in [5, 5.41) is 3.32. The van der Waals surface area contributed by atoms with E-state index >= 15 is 0 Å². The first-order chi connectivity index (χ1) is 10.2. The molecule has 2 aromatic carbocycles. The number of benzene rings is 2. The minimum absolute atomic E-state index is 0.221. The Balaban J connectivity index is 2.07. The number of hydrogen-bond donors (Lipinski definition) is 1. The van der Waals surface area contributed by atoms with Crippen LogP contribution in [0.1, 0.15) is 31.1 Å². The molecule has 1 unspecified atom stereocenters. The smallest absolute Gasteiger partial charge is 0.129 e. The summed E-state index contributed by atoms with van der Waals surface area (Å²) in [5.41, 5.74) is 1.69.